The van der Waals surface area contributed by atoms with Crippen molar-refractivity contribution in [2.45, 2.75) is 26.4 Å². The van der Waals surface area contributed by atoms with E-state index >= 15 is 0 Å². The average Bonchev–Trinajstić information content (AvgIpc) is 2.03. The summed E-state index contributed by atoms with van der Waals surface area (Å²) in [5.74, 6) is 0. The van der Waals surface area contributed by atoms with Gasteiger partial charge in [-0.15, -0.1) is 4.99 Å². The molecule has 0 radical (unpaired) electrons. The molecule has 0 aliphatic carbocycles. The normalized spacial score (nSPS) is 9.46. The minimum atomic E-state index is 0.180. The van der Waals surface area contributed by atoms with Gasteiger partial charge in [-0.3, -0.25) is 0 Å². The molecule has 0 atom stereocenters. The quantitative estimate of drug-likeness (QED) is 0.313. The number of hydrogen-bond donors (Lipinski definition) is 1. The Morgan fingerprint density at radius 2 is 2.38 bits per heavy atom. The maximum absolute atomic E-state index is 9.75. The van der Waals surface area contributed by atoms with Crippen molar-refractivity contribution in [3.8, 4) is 0 Å². The lowest BCUT2D eigenvalue weighted by Crippen LogP contribution is -2.22. The monoisotopic (exact) mass is 202 g/mol. The Balaban J connectivity index is 3.26. The number of rotatable bonds is 5. The van der Waals surface area contributed by atoms with Crippen molar-refractivity contribution in [1.29, 1.82) is 0 Å². The molecule has 0 aromatic carbocycles. The van der Waals surface area contributed by atoms with Gasteiger partial charge in [0.05, 0.1) is 6.10 Å². The van der Waals surface area contributed by atoms with Crippen molar-refractivity contribution in [1.82, 2.24) is 5.32 Å². The van der Waals surface area contributed by atoms with Crippen LogP contribution in [-0.4, -0.2) is 30.4 Å². The van der Waals surface area contributed by atoms with E-state index in [9.17, 15) is 4.79 Å². The second kappa shape index (κ2) is 7.86. The van der Waals surface area contributed by atoms with E-state index in [1.807, 2.05) is 13.8 Å². The van der Waals surface area contributed by atoms with Crippen LogP contribution in [0, 0.1) is 0 Å². The van der Waals surface area contributed by atoms with Crippen LogP contribution in [0.15, 0.2) is 4.99 Å². The first-order valence-corrected chi connectivity index (χ1v) is 4.55. The third-order valence-electron chi connectivity index (χ3n) is 1.20. The summed E-state index contributed by atoms with van der Waals surface area (Å²) in [6.07, 6.45) is 2.46. The lowest BCUT2D eigenvalue weighted by atomic mass is 10.4. The van der Waals surface area contributed by atoms with Gasteiger partial charge in [0.1, 0.15) is 0 Å². The highest BCUT2D eigenvalue weighted by atomic mass is 32.1. The van der Waals surface area contributed by atoms with Gasteiger partial charge in [0.2, 0.25) is 11.2 Å². The molecule has 74 valence electrons. The molecule has 0 aromatic rings. The number of isocyanates is 1. The van der Waals surface area contributed by atoms with Crippen molar-refractivity contribution in [2.75, 3.05) is 13.2 Å². The van der Waals surface area contributed by atoms with Crippen LogP contribution in [0.4, 0.5) is 0 Å². The molecule has 0 saturated heterocycles. The number of aliphatic imine (C=N–C) groups is 1. The maximum Gasteiger partial charge on any atom is 0.242 e. The number of nitrogens with one attached hydrogen (secondary N) is 1. The van der Waals surface area contributed by atoms with Crippen LogP contribution in [-0.2, 0) is 9.53 Å². The van der Waals surface area contributed by atoms with Gasteiger partial charge >= 0.3 is 0 Å². The van der Waals surface area contributed by atoms with E-state index in [0.29, 0.717) is 13.2 Å². The predicted octanol–water partition coefficient (Wildman–Crippen LogP) is 1.01. The SMILES string of the molecule is CC(C)OCCCNC(=S)N=C=O. The van der Waals surface area contributed by atoms with Crippen LogP contribution in [0.1, 0.15) is 20.3 Å². The Morgan fingerprint density at radius 1 is 1.69 bits per heavy atom. The Morgan fingerprint density at radius 3 is 2.92 bits per heavy atom. The van der Waals surface area contributed by atoms with E-state index in [-0.39, 0.29) is 11.2 Å². The second-order valence-electron chi connectivity index (χ2n) is 2.71. The van der Waals surface area contributed by atoms with E-state index in [1.165, 1.54) is 6.08 Å². The summed E-state index contributed by atoms with van der Waals surface area (Å²) in [7, 11) is 0. The zero-order chi connectivity index (χ0) is 10.1. The fourth-order valence-electron chi connectivity index (χ4n) is 0.668. The van der Waals surface area contributed by atoms with Crippen LogP contribution < -0.4 is 5.32 Å². The van der Waals surface area contributed by atoms with Gasteiger partial charge in [-0.05, 0) is 32.5 Å². The molecule has 0 spiro atoms. The molecule has 5 heteroatoms. The summed E-state index contributed by atoms with van der Waals surface area (Å²) < 4.78 is 5.29. The highest BCUT2D eigenvalue weighted by Crippen LogP contribution is 1.89. The van der Waals surface area contributed by atoms with Gasteiger partial charge < -0.3 is 10.1 Å². The number of ether oxygens (including phenoxy) is 1. The molecule has 1 N–H and O–H groups in total. The molecule has 0 unspecified atom stereocenters. The molecule has 0 fully saturated rings. The van der Waals surface area contributed by atoms with Crippen LogP contribution in [0.25, 0.3) is 0 Å². The molecule has 0 rings (SSSR count). The minimum Gasteiger partial charge on any atom is -0.379 e. The van der Waals surface area contributed by atoms with Gasteiger partial charge in [-0.2, -0.15) is 0 Å². The van der Waals surface area contributed by atoms with Crippen LogP contribution in [0.2, 0.25) is 0 Å². The van der Waals surface area contributed by atoms with Crippen molar-refractivity contribution in [2.24, 2.45) is 4.99 Å². The van der Waals surface area contributed by atoms with E-state index in [1.54, 1.807) is 0 Å². The van der Waals surface area contributed by atoms with E-state index in [4.69, 9.17) is 4.74 Å². The fraction of sp³-hybridized carbons (Fsp3) is 0.750. The van der Waals surface area contributed by atoms with Crippen molar-refractivity contribution in [3.63, 3.8) is 0 Å². The number of thiocarbonyl (C=S) groups is 1. The smallest absolute Gasteiger partial charge is 0.242 e. The molecular weight excluding hydrogens is 188 g/mol. The largest absolute Gasteiger partial charge is 0.379 e. The summed E-state index contributed by atoms with van der Waals surface area (Å²) in [6, 6.07) is 0. The van der Waals surface area contributed by atoms with Crippen LogP contribution in [0.5, 0.6) is 0 Å². The van der Waals surface area contributed by atoms with Crippen molar-refractivity contribution in [3.05, 3.63) is 0 Å². The number of carbonyl (C=O) groups excluding carboxylic acids is 1. The average molecular weight is 202 g/mol. The van der Waals surface area contributed by atoms with Crippen molar-refractivity contribution >= 4 is 23.4 Å². The molecule has 0 aromatic heterocycles. The Kier molecular flexibility index (Phi) is 7.39. The van der Waals surface area contributed by atoms with Crippen molar-refractivity contribution < 1.29 is 9.53 Å². The Hall–Kier alpha value is -0.770. The first kappa shape index (κ1) is 12.2. The highest BCUT2D eigenvalue weighted by molar-refractivity contribution is 7.80. The van der Waals surface area contributed by atoms with Gasteiger partial charge in [-0.25, -0.2) is 4.79 Å². The standard InChI is InChI=1S/C8H14N2O2S/c1-7(2)12-5-3-4-9-8(13)10-6-11/h7H,3-5H2,1-2H3,(H,9,13). The van der Waals surface area contributed by atoms with Crippen LogP contribution in [0.3, 0.4) is 0 Å². The number of hydrogen-bond acceptors (Lipinski definition) is 3. The summed E-state index contributed by atoms with van der Waals surface area (Å²) in [4.78, 5) is 13.0. The summed E-state index contributed by atoms with van der Waals surface area (Å²) in [5.41, 5.74) is 0. The van der Waals surface area contributed by atoms with Gasteiger partial charge in [0.15, 0.2) is 0 Å². The summed E-state index contributed by atoms with van der Waals surface area (Å²) in [6.45, 7) is 5.30. The molecule has 0 saturated carbocycles. The predicted molar refractivity (Wildman–Crippen MR) is 54.4 cm³/mol. The first-order valence-electron chi connectivity index (χ1n) is 4.14. The van der Waals surface area contributed by atoms with E-state index in [2.05, 4.69) is 22.5 Å². The van der Waals surface area contributed by atoms with Gasteiger partial charge in [0, 0.05) is 13.2 Å². The lowest BCUT2D eigenvalue weighted by molar-refractivity contribution is 0.0777. The Bertz CT molecular complexity index is 200. The maximum atomic E-state index is 9.75. The molecule has 4 nitrogen and oxygen atoms in total. The van der Waals surface area contributed by atoms with E-state index in [0.717, 1.165) is 6.42 Å². The fourth-order valence-corrected chi connectivity index (χ4v) is 0.807. The molecule has 0 heterocycles. The van der Waals surface area contributed by atoms with Gasteiger partial charge in [-0.1, -0.05) is 0 Å². The molecule has 13 heavy (non-hydrogen) atoms. The third-order valence-corrected chi connectivity index (χ3v) is 1.43. The highest BCUT2D eigenvalue weighted by Gasteiger charge is 1.94. The zero-order valence-electron chi connectivity index (χ0n) is 7.87. The lowest BCUT2D eigenvalue weighted by Gasteiger charge is -2.07. The topological polar surface area (TPSA) is 50.7 Å². The molecule has 0 amide bonds. The van der Waals surface area contributed by atoms with Crippen LogP contribution >= 0.6 is 12.2 Å². The zero-order valence-corrected chi connectivity index (χ0v) is 8.69. The first-order chi connectivity index (χ1) is 6.16. The number of nitrogens with zero attached hydrogens (tertiary/aromatic N) is 1. The minimum absolute atomic E-state index is 0.180. The Labute approximate surface area is 83.4 Å². The summed E-state index contributed by atoms with van der Waals surface area (Å²) in [5, 5.41) is 2.96. The molecule has 0 aliphatic heterocycles. The van der Waals surface area contributed by atoms with Gasteiger partial charge in [0.25, 0.3) is 0 Å². The molecular formula is C8H14N2O2S. The second-order valence-corrected chi connectivity index (χ2v) is 3.09. The molecule has 0 bridgehead atoms. The summed E-state index contributed by atoms with van der Waals surface area (Å²) >= 11 is 4.67. The van der Waals surface area contributed by atoms with E-state index < -0.39 is 0 Å². The molecule has 0 aliphatic rings. The third kappa shape index (κ3) is 9.14.